The maximum atomic E-state index is 13.2. The molecular formula is C45H60N10O5. The van der Waals surface area contributed by atoms with Gasteiger partial charge < -0.3 is 35.8 Å². The number of anilines is 3. The van der Waals surface area contributed by atoms with E-state index in [0.29, 0.717) is 37.3 Å². The minimum atomic E-state index is -0.592. The highest BCUT2D eigenvalue weighted by molar-refractivity contribution is 6.05. The number of carbonyl (C=O) groups excluding carboxylic acids is 4. The highest BCUT2D eigenvalue weighted by atomic mass is 16.3. The van der Waals surface area contributed by atoms with Crippen molar-refractivity contribution < 1.29 is 24.3 Å². The van der Waals surface area contributed by atoms with Crippen LogP contribution in [0.3, 0.4) is 0 Å². The van der Waals surface area contributed by atoms with E-state index in [4.69, 9.17) is 4.98 Å². The Kier molecular flexibility index (Phi) is 14.1. The molecule has 2 aromatic carbocycles. The van der Waals surface area contributed by atoms with Crippen LogP contribution in [0.4, 0.5) is 17.3 Å². The number of hydrogen-bond acceptors (Lipinski definition) is 11. The molecule has 4 aromatic rings. The molecule has 2 aromatic heterocycles. The molecule has 2 saturated heterocycles. The summed E-state index contributed by atoms with van der Waals surface area (Å²) in [5.74, 6) is 0.977. The monoisotopic (exact) mass is 820 g/mol. The van der Waals surface area contributed by atoms with Crippen LogP contribution in [0.15, 0.2) is 54.7 Å². The molecule has 60 heavy (non-hydrogen) atoms. The van der Waals surface area contributed by atoms with Gasteiger partial charge >= 0.3 is 0 Å². The number of hydrogen-bond donors (Lipinski definition) is 5. The van der Waals surface area contributed by atoms with Crippen molar-refractivity contribution in [1.29, 1.82) is 0 Å². The van der Waals surface area contributed by atoms with Gasteiger partial charge in [-0.2, -0.15) is 9.61 Å². The number of benzene rings is 2. The standard InChI is InChI=1S/C45H60N10O5/c1-4-33(29-56)48-39-25-40(55-43(50-39)36(27-47-55)30(2)3)46-26-31-12-14-34(15-13-31)49-42(58)18-20-53-23-21-52(22-24-53)19-7-5-6-9-32-10-8-11-35-37(32)28-54(45(35)60)38-16-17-41(57)51-44(38)59/h8,10-15,25,27,30,33,38,46,56H,4-7,9,16-24,26,28-29H2,1-3H3,(H,48,50)(H,49,58)(H,51,57,59)/t33-,38?/m1/s1. The lowest BCUT2D eigenvalue weighted by Crippen LogP contribution is -2.52. The normalized spacial score (nSPS) is 17.9. The van der Waals surface area contributed by atoms with Gasteiger partial charge in [0.2, 0.25) is 17.7 Å². The lowest BCUT2D eigenvalue weighted by atomic mass is 9.98. The Morgan fingerprint density at radius 1 is 0.983 bits per heavy atom. The Morgan fingerprint density at radius 3 is 2.47 bits per heavy atom. The zero-order valence-electron chi connectivity index (χ0n) is 35.2. The van der Waals surface area contributed by atoms with Gasteiger partial charge in [-0.05, 0) is 79.5 Å². The first-order chi connectivity index (χ1) is 29.1. The molecule has 15 heteroatoms. The minimum Gasteiger partial charge on any atom is -0.394 e. The molecule has 0 bridgehead atoms. The Balaban J connectivity index is 0.790. The number of carbonyl (C=O) groups is 4. The number of aliphatic hydroxyl groups is 1. The van der Waals surface area contributed by atoms with Crippen molar-refractivity contribution in [3.8, 4) is 0 Å². The fourth-order valence-corrected chi connectivity index (χ4v) is 8.40. The van der Waals surface area contributed by atoms with Gasteiger partial charge in [-0.15, -0.1) is 0 Å². The van der Waals surface area contributed by atoms with Gasteiger partial charge in [0, 0.05) is 81.5 Å². The van der Waals surface area contributed by atoms with Crippen LogP contribution in [0.2, 0.25) is 0 Å². The van der Waals surface area contributed by atoms with E-state index in [1.54, 1.807) is 4.90 Å². The fraction of sp³-hybridized carbons (Fsp3) is 0.511. The predicted octanol–water partition coefficient (Wildman–Crippen LogP) is 4.77. The molecule has 5 heterocycles. The highest BCUT2D eigenvalue weighted by Gasteiger charge is 2.39. The van der Waals surface area contributed by atoms with Crippen LogP contribution < -0.4 is 21.3 Å². The first-order valence-electron chi connectivity index (χ1n) is 21.7. The summed E-state index contributed by atoms with van der Waals surface area (Å²) in [4.78, 5) is 61.4. The Labute approximate surface area is 352 Å². The van der Waals surface area contributed by atoms with Crippen molar-refractivity contribution in [1.82, 2.24) is 34.6 Å². The van der Waals surface area contributed by atoms with Crippen LogP contribution in [0.25, 0.3) is 5.65 Å². The highest BCUT2D eigenvalue weighted by Crippen LogP contribution is 2.31. The molecule has 0 spiro atoms. The van der Waals surface area contributed by atoms with Crippen molar-refractivity contribution >= 4 is 46.6 Å². The summed E-state index contributed by atoms with van der Waals surface area (Å²) in [7, 11) is 0. The minimum absolute atomic E-state index is 0.00696. The van der Waals surface area contributed by atoms with Gasteiger partial charge in [-0.1, -0.05) is 51.5 Å². The Hall–Kier alpha value is -5.38. The van der Waals surface area contributed by atoms with E-state index in [1.807, 2.05) is 60.1 Å². The number of fused-ring (bicyclic) bond motifs is 2. The maximum absolute atomic E-state index is 13.2. The van der Waals surface area contributed by atoms with Crippen molar-refractivity contribution in [3.63, 3.8) is 0 Å². The fourth-order valence-electron chi connectivity index (χ4n) is 8.40. The summed E-state index contributed by atoms with van der Waals surface area (Å²) in [5.41, 5.74) is 6.54. The van der Waals surface area contributed by atoms with Crippen LogP contribution in [-0.2, 0) is 33.9 Å². The molecule has 1 unspecified atom stereocenters. The number of nitrogens with zero attached hydrogens (tertiary/aromatic N) is 6. The third-order valence-corrected chi connectivity index (χ3v) is 12.1. The van der Waals surface area contributed by atoms with Crippen LogP contribution in [0.5, 0.6) is 0 Å². The number of imide groups is 1. The van der Waals surface area contributed by atoms with Crippen molar-refractivity contribution in [3.05, 3.63) is 82.5 Å². The second kappa shape index (κ2) is 19.8. The van der Waals surface area contributed by atoms with Crippen LogP contribution in [0, 0.1) is 0 Å². The molecular weight excluding hydrogens is 761 g/mol. The van der Waals surface area contributed by atoms with Gasteiger partial charge in [0.05, 0.1) is 18.8 Å². The van der Waals surface area contributed by atoms with Crippen molar-refractivity contribution in [2.24, 2.45) is 0 Å². The van der Waals surface area contributed by atoms with E-state index in [9.17, 15) is 24.3 Å². The molecule has 3 aliphatic rings. The van der Waals surface area contributed by atoms with Crippen LogP contribution >= 0.6 is 0 Å². The molecule has 4 amide bonds. The van der Waals surface area contributed by atoms with E-state index in [-0.39, 0.29) is 48.6 Å². The zero-order valence-corrected chi connectivity index (χ0v) is 35.2. The lowest BCUT2D eigenvalue weighted by Gasteiger charge is -2.34. The molecule has 320 valence electrons. The first kappa shape index (κ1) is 42.7. The summed E-state index contributed by atoms with van der Waals surface area (Å²) < 4.78 is 1.82. The Bertz CT molecular complexity index is 2140. The number of amides is 4. The van der Waals surface area contributed by atoms with E-state index in [0.717, 1.165) is 105 Å². The van der Waals surface area contributed by atoms with E-state index < -0.39 is 6.04 Å². The summed E-state index contributed by atoms with van der Waals surface area (Å²) in [6, 6.07) is 15.0. The number of aromatic nitrogens is 3. The first-order valence-corrected chi connectivity index (χ1v) is 21.7. The number of piperazine rings is 1. The van der Waals surface area contributed by atoms with Gasteiger partial charge in [-0.25, -0.2) is 4.98 Å². The second-order valence-corrected chi connectivity index (χ2v) is 16.6. The topological polar surface area (TPSA) is 177 Å². The zero-order chi connectivity index (χ0) is 42.2. The van der Waals surface area contributed by atoms with E-state index >= 15 is 0 Å². The molecule has 15 nitrogen and oxygen atoms in total. The number of aliphatic hydroxyl groups excluding tert-OH is 1. The average Bonchev–Trinajstić information content (AvgIpc) is 3.83. The molecule has 0 saturated carbocycles. The molecule has 5 N–H and O–H groups in total. The smallest absolute Gasteiger partial charge is 0.255 e. The summed E-state index contributed by atoms with van der Waals surface area (Å²) >= 11 is 0. The van der Waals surface area contributed by atoms with E-state index in [1.165, 1.54) is 5.56 Å². The van der Waals surface area contributed by atoms with Crippen molar-refractivity contribution in [2.75, 3.05) is 61.8 Å². The number of unbranched alkanes of at least 4 members (excludes halogenated alkanes) is 2. The summed E-state index contributed by atoms with van der Waals surface area (Å²) in [5, 5.41) is 26.6. The van der Waals surface area contributed by atoms with Gasteiger partial charge in [0.15, 0.2) is 5.65 Å². The van der Waals surface area contributed by atoms with Gasteiger partial charge in [0.25, 0.3) is 5.91 Å². The molecule has 2 fully saturated rings. The molecule has 3 aliphatic heterocycles. The van der Waals surface area contributed by atoms with Gasteiger partial charge in [0.1, 0.15) is 17.7 Å². The largest absolute Gasteiger partial charge is 0.394 e. The second-order valence-electron chi connectivity index (χ2n) is 16.6. The molecule has 2 atom stereocenters. The van der Waals surface area contributed by atoms with Crippen LogP contribution in [0.1, 0.15) is 104 Å². The summed E-state index contributed by atoms with van der Waals surface area (Å²) in [6.45, 7) is 12.9. The number of nitrogens with one attached hydrogen (secondary N) is 4. The average molecular weight is 821 g/mol. The summed E-state index contributed by atoms with van der Waals surface area (Å²) in [6.07, 6.45) is 7.82. The lowest BCUT2D eigenvalue weighted by molar-refractivity contribution is -0.137. The molecule has 0 radical (unpaired) electrons. The van der Waals surface area contributed by atoms with E-state index in [2.05, 4.69) is 56.1 Å². The maximum Gasteiger partial charge on any atom is 0.255 e. The third kappa shape index (κ3) is 10.3. The quantitative estimate of drug-likeness (QED) is 0.0651. The molecule has 7 rings (SSSR count). The predicted molar refractivity (Wildman–Crippen MR) is 232 cm³/mol. The molecule has 0 aliphatic carbocycles. The SMILES string of the molecule is CC[C@H](CO)Nc1cc(NCc2ccc(NC(=O)CCN3CCN(CCCCCc4cccc5c4CN(C4CCC(=O)NC4=O)C5=O)CC3)cc2)n2ncc(C(C)C)c2n1. The number of piperidine rings is 1. The van der Waals surface area contributed by atoms with Crippen molar-refractivity contribution in [2.45, 2.75) is 103 Å². The Morgan fingerprint density at radius 2 is 1.75 bits per heavy atom. The number of aryl methyl sites for hydroxylation is 1. The van der Waals surface area contributed by atoms with Gasteiger partial charge in [-0.3, -0.25) is 24.5 Å². The van der Waals surface area contributed by atoms with Crippen LogP contribution in [-0.4, -0.2) is 116 Å². The number of rotatable bonds is 19. The third-order valence-electron chi connectivity index (χ3n) is 12.1.